The zero-order chi connectivity index (χ0) is 15.5. The van der Waals surface area contributed by atoms with Crippen LogP contribution < -0.4 is 9.64 Å². The molecule has 1 aliphatic rings. The van der Waals surface area contributed by atoms with E-state index >= 15 is 0 Å². The van der Waals surface area contributed by atoms with Crippen LogP contribution in [0.15, 0.2) is 24.4 Å². The fourth-order valence-electron chi connectivity index (χ4n) is 2.41. The molecule has 0 atom stereocenters. The molecule has 8 heteroatoms. The molecule has 23 heavy (non-hydrogen) atoms. The summed E-state index contributed by atoms with van der Waals surface area (Å²) in [6, 6.07) is 5.61. The van der Waals surface area contributed by atoms with Gasteiger partial charge >= 0.3 is 0 Å². The topological polar surface area (TPSA) is 58.6 Å². The van der Waals surface area contributed by atoms with Gasteiger partial charge in [0.25, 0.3) is 5.91 Å². The van der Waals surface area contributed by atoms with Gasteiger partial charge in [-0.2, -0.15) is 4.98 Å². The van der Waals surface area contributed by atoms with Gasteiger partial charge in [0.2, 0.25) is 11.8 Å². The Hall–Kier alpha value is -1.86. The van der Waals surface area contributed by atoms with Crippen LogP contribution in [0.5, 0.6) is 5.88 Å². The van der Waals surface area contributed by atoms with Crippen molar-refractivity contribution >= 4 is 35.6 Å². The van der Waals surface area contributed by atoms with Gasteiger partial charge < -0.3 is 14.5 Å². The first-order valence-corrected chi connectivity index (χ1v) is 7.97. The summed E-state index contributed by atoms with van der Waals surface area (Å²) in [6.45, 7) is 4.82. The number of hydrogen-bond donors (Lipinski definition) is 0. The Balaban J connectivity index is 0.00000192. The summed E-state index contributed by atoms with van der Waals surface area (Å²) < 4.78 is 5.12. The van der Waals surface area contributed by atoms with Gasteiger partial charge in [-0.3, -0.25) is 4.79 Å². The Morgan fingerprint density at radius 3 is 2.57 bits per heavy atom. The predicted molar refractivity (Wildman–Crippen MR) is 93.0 cm³/mol. The van der Waals surface area contributed by atoms with Gasteiger partial charge in [-0.15, -0.1) is 23.7 Å². The first-order chi connectivity index (χ1) is 10.7. The Bertz CT molecular complexity index is 671. The zero-order valence-electron chi connectivity index (χ0n) is 13.1. The van der Waals surface area contributed by atoms with E-state index in [1.807, 2.05) is 24.0 Å². The number of aromatic nitrogens is 2. The maximum absolute atomic E-state index is 12.4. The maximum atomic E-state index is 12.4. The van der Waals surface area contributed by atoms with Crippen molar-refractivity contribution in [2.45, 2.75) is 6.92 Å². The molecule has 1 fully saturated rings. The molecule has 0 aromatic carbocycles. The van der Waals surface area contributed by atoms with E-state index in [1.165, 1.54) is 0 Å². The summed E-state index contributed by atoms with van der Waals surface area (Å²) in [4.78, 5) is 27.0. The molecule has 0 unspecified atom stereocenters. The average Bonchev–Trinajstić information content (AvgIpc) is 3.01. The molecule has 0 N–H and O–H groups in total. The van der Waals surface area contributed by atoms with Crippen molar-refractivity contribution in [1.29, 1.82) is 0 Å². The molecule has 3 heterocycles. The van der Waals surface area contributed by atoms with Crippen molar-refractivity contribution in [3.8, 4) is 5.88 Å². The molecule has 0 aliphatic carbocycles. The maximum Gasteiger partial charge on any atom is 0.264 e. The number of thiophene rings is 1. The van der Waals surface area contributed by atoms with Gasteiger partial charge in [0.05, 0.1) is 12.0 Å². The van der Waals surface area contributed by atoms with Crippen molar-refractivity contribution in [2.75, 3.05) is 38.2 Å². The highest BCUT2D eigenvalue weighted by Crippen LogP contribution is 2.19. The van der Waals surface area contributed by atoms with E-state index in [1.54, 1.807) is 30.7 Å². The third-order valence-electron chi connectivity index (χ3n) is 3.63. The number of anilines is 1. The normalized spacial score (nSPS) is 14.3. The summed E-state index contributed by atoms with van der Waals surface area (Å²) in [7, 11) is 1.59. The summed E-state index contributed by atoms with van der Waals surface area (Å²) >= 11 is 1.55. The molecule has 2 aromatic heterocycles. The summed E-state index contributed by atoms with van der Waals surface area (Å²) in [5, 5.41) is 0. The molecular formula is C15H19ClN4O2S. The Morgan fingerprint density at radius 1 is 1.22 bits per heavy atom. The van der Waals surface area contributed by atoms with E-state index in [4.69, 9.17) is 4.74 Å². The number of methoxy groups -OCH3 is 1. The minimum atomic E-state index is 0. The van der Waals surface area contributed by atoms with Crippen LogP contribution in [0.2, 0.25) is 0 Å². The fourth-order valence-corrected chi connectivity index (χ4v) is 3.25. The van der Waals surface area contributed by atoms with E-state index in [9.17, 15) is 4.79 Å². The van der Waals surface area contributed by atoms with Crippen LogP contribution in [0.1, 0.15) is 14.5 Å². The SMILES string of the molecule is COc1ccnc(N2CCN(C(=O)c3ccc(C)s3)CC2)n1.Cl. The van der Waals surface area contributed by atoms with Crippen molar-refractivity contribution in [2.24, 2.45) is 0 Å². The third-order valence-corrected chi connectivity index (χ3v) is 4.62. The molecule has 0 radical (unpaired) electrons. The summed E-state index contributed by atoms with van der Waals surface area (Å²) in [5.74, 6) is 1.32. The molecule has 1 saturated heterocycles. The van der Waals surface area contributed by atoms with Crippen LogP contribution in [-0.2, 0) is 0 Å². The van der Waals surface area contributed by atoms with Crippen LogP contribution in [0.4, 0.5) is 5.95 Å². The number of piperazine rings is 1. The van der Waals surface area contributed by atoms with Crippen molar-refractivity contribution < 1.29 is 9.53 Å². The lowest BCUT2D eigenvalue weighted by Gasteiger charge is -2.34. The number of carbonyl (C=O) groups excluding carboxylic acids is 1. The molecule has 1 amide bonds. The second kappa shape index (κ2) is 7.61. The number of amides is 1. The van der Waals surface area contributed by atoms with Gasteiger partial charge in [0.1, 0.15) is 0 Å². The highest BCUT2D eigenvalue weighted by atomic mass is 35.5. The van der Waals surface area contributed by atoms with Crippen molar-refractivity contribution in [3.05, 3.63) is 34.2 Å². The lowest BCUT2D eigenvalue weighted by molar-refractivity contribution is 0.0751. The number of halogens is 1. The first kappa shape index (κ1) is 17.5. The molecule has 0 saturated carbocycles. The molecule has 0 spiro atoms. The first-order valence-electron chi connectivity index (χ1n) is 7.15. The second-order valence-corrected chi connectivity index (χ2v) is 6.38. The summed E-state index contributed by atoms with van der Waals surface area (Å²) in [6.07, 6.45) is 1.69. The van der Waals surface area contributed by atoms with Crippen LogP contribution in [0.25, 0.3) is 0 Å². The molecule has 3 rings (SSSR count). The molecule has 6 nitrogen and oxygen atoms in total. The van der Waals surface area contributed by atoms with Gasteiger partial charge in [0.15, 0.2) is 0 Å². The molecule has 2 aromatic rings. The highest BCUT2D eigenvalue weighted by Gasteiger charge is 2.24. The van der Waals surface area contributed by atoms with Crippen LogP contribution in [-0.4, -0.2) is 54.1 Å². The number of rotatable bonds is 3. The second-order valence-electron chi connectivity index (χ2n) is 5.09. The van der Waals surface area contributed by atoms with Crippen LogP contribution >= 0.6 is 23.7 Å². The zero-order valence-corrected chi connectivity index (χ0v) is 14.7. The van der Waals surface area contributed by atoms with Crippen molar-refractivity contribution in [3.63, 3.8) is 0 Å². The van der Waals surface area contributed by atoms with E-state index < -0.39 is 0 Å². The van der Waals surface area contributed by atoms with Gasteiger partial charge in [0, 0.05) is 43.3 Å². The fraction of sp³-hybridized carbons (Fsp3) is 0.400. The summed E-state index contributed by atoms with van der Waals surface area (Å²) in [5.41, 5.74) is 0. The average molecular weight is 355 g/mol. The molecular weight excluding hydrogens is 336 g/mol. The predicted octanol–water partition coefficient (Wildman–Crippen LogP) is 2.24. The van der Waals surface area contributed by atoms with Gasteiger partial charge in [-0.25, -0.2) is 4.98 Å². The van der Waals surface area contributed by atoms with E-state index in [0.29, 0.717) is 24.9 Å². The Morgan fingerprint density at radius 2 is 1.96 bits per heavy atom. The smallest absolute Gasteiger partial charge is 0.264 e. The van der Waals surface area contributed by atoms with Gasteiger partial charge in [-0.1, -0.05) is 0 Å². The molecule has 1 aliphatic heterocycles. The lowest BCUT2D eigenvalue weighted by Crippen LogP contribution is -2.49. The quantitative estimate of drug-likeness (QED) is 0.846. The van der Waals surface area contributed by atoms with Gasteiger partial charge in [-0.05, 0) is 19.1 Å². The third kappa shape index (κ3) is 3.92. The number of hydrogen-bond acceptors (Lipinski definition) is 6. The highest BCUT2D eigenvalue weighted by molar-refractivity contribution is 7.13. The number of ether oxygens (including phenoxy) is 1. The van der Waals surface area contributed by atoms with Crippen LogP contribution in [0, 0.1) is 6.92 Å². The standard InChI is InChI=1S/C15H18N4O2S.ClH/c1-11-3-4-12(22-11)14(20)18-7-9-19(10-8-18)15-16-6-5-13(17-15)21-2;/h3-6H,7-10H2,1-2H3;1H. The minimum Gasteiger partial charge on any atom is -0.481 e. The van der Waals surface area contributed by atoms with E-state index in [2.05, 4.69) is 14.9 Å². The van der Waals surface area contributed by atoms with E-state index in [0.717, 1.165) is 22.8 Å². The Labute approximate surface area is 145 Å². The number of nitrogens with zero attached hydrogens (tertiary/aromatic N) is 4. The van der Waals surface area contributed by atoms with E-state index in [-0.39, 0.29) is 18.3 Å². The van der Waals surface area contributed by atoms with Crippen LogP contribution in [0.3, 0.4) is 0 Å². The largest absolute Gasteiger partial charge is 0.481 e. The Kier molecular flexibility index (Phi) is 5.79. The lowest BCUT2D eigenvalue weighted by atomic mass is 10.3. The van der Waals surface area contributed by atoms with Crippen molar-refractivity contribution in [1.82, 2.24) is 14.9 Å². The number of carbonyl (C=O) groups is 1. The molecule has 0 bridgehead atoms. The number of aryl methyl sites for hydroxylation is 1. The molecule has 124 valence electrons. The minimum absolute atomic E-state index is 0. The monoisotopic (exact) mass is 354 g/mol.